The van der Waals surface area contributed by atoms with Gasteiger partial charge in [-0.2, -0.15) is 0 Å². The zero-order valence-electron chi connectivity index (χ0n) is 21.4. The number of benzene rings is 5. The molecule has 0 unspecified atom stereocenters. The second-order valence-corrected chi connectivity index (χ2v) is 13.4. The Labute approximate surface area is 243 Å². The summed E-state index contributed by atoms with van der Waals surface area (Å²) in [6.45, 7) is 0. The van der Waals surface area contributed by atoms with E-state index in [1.165, 1.54) is 24.3 Å². The van der Waals surface area contributed by atoms with E-state index in [1.54, 1.807) is 0 Å². The highest BCUT2D eigenvalue weighted by Crippen LogP contribution is 2.41. The first-order valence-corrected chi connectivity index (χ1v) is 14.7. The van der Waals surface area contributed by atoms with Crippen LogP contribution in [0, 0.1) is 69.8 Å². The van der Waals surface area contributed by atoms with E-state index < -0.39 is 107 Å². The first kappa shape index (κ1) is 31.5. The molecule has 0 aliphatic rings. The Morgan fingerprint density at radius 2 is 0.477 bits per heavy atom. The van der Waals surface area contributed by atoms with E-state index in [1.807, 2.05) is 0 Å². The van der Waals surface area contributed by atoms with Gasteiger partial charge in [-0.25, -0.2) is 52.7 Å². The highest BCUT2D eigenvalue weighted by atomic mass is 31.1. The second-order valence-electron chi connectivity index (χ2n) is 9.05. The topological polar surface area (TPSA) is 0 Å². The molecule has 0 heterocycles. The fourth-order valence-electron chi connectivity index (χ4n) is 4.38. The van der Waals surface area contributed by atoms with Gasteiger partial charge in [-0.1, -0.05) is 24.3 Å². The minimum atomic E-state index is -2.61. The molecule has 0 aliphatic heterocycles. The van der Waals surface area contributed by atoms with Gasteiger partial charge in [0.1, 0.15) is 0 Å². The summed E-state index contributed by atoms with van der Waals surface area (Å²) >= 11 is 0. The van der Waals surface area contributed by atoms with Crippen LogP contribution in [0.4, 0.5) is 52.7 Å². The maximum Gasteiger partial charge on any atom is 0.194 e. The van der Waals surface area contributed by atoms with Crippen molar-refractivity contribution in [3.8, 4) is 0 Å². The first-order chi connectivity index (χ1) is 20.8. The lowest BCUT2D eigenvalue weighted by Gasteiger charge is -2.28. The van der Waals surface area contributed by atoms with Gasteiger partial charge < -0.3 is 0 Å². The van der Waals surface area contributed by atoms with Gasteiger partial charge in [-0.15, -0.1) is 0 Å². The summed E-state index contributed by atoms with van der Waals surface area (Å²) < 4.78 is 171. The van der Waals surface area contributed by atoms with Crippen molar-refractivity contribution in [1.82, 2.24) is 0 Å². The average molecular weight is 662 g/mol. The molecule has 5 rings (SSSR count). The van der Waals surface area contributed by atoms with Gasteiger partial charge in [0.2, 0.25) is 0 Å². The zero-order valence-corrected chi connectivity index (χ0v) is 23.1. The number of hydrogen-bond donors (Lipinski definition) is 0. The smallest absolute Gasteiger partial charge is 0.194 e. The summed E-state index contributed by atoms with van der Waals surface area (Å²) in [5.74, 6) is -21.2. The van der Waals surface area contributed by atoms with E-state index in [-0.39, 0.29) is 10.6 Å². The van der Waals surface area contributed by atoms with Crippen molar-refractivity contribution in [2.24, 2.45) is 0 Å². The summed E-state index contributed by atoms with van der Waals surface area (Å²) in [6, 6.07) is 9.21. The predicted octanol–water partition coefficient (Wildman–Crippen LogP) is 6.87. The molecule has 0 saturated carbocycles. The number of rotatable bonds is 6. The van der Waals surface area contributed by atoms with E-state index in [0.717, 1.165) is 0 Å². The number of halogens is 12. The standard InChI is InChI=1S/C30H12F12P2/c31-17-5-13(6-18(32)27(17)39)43(14-7-19(33)28(40)20(34)8-14)25-3-1-2-4-26(25)44(15-9-21(35)29(41)22(36)10-15)16-11-23(37)30(42)24(38)12-16/h1-12H. The van der Waals surface area contributed by atoms with Crippen LogP contribution in [0.3, 0.4) is 0 Å². The fourth-order valence-corrected chi connectivity index (χ4v) is 9.71. The molecule has 0 nitrogen and oxygen atoms in total. The van der Waals surface area contributed by atoms with Gasteiger partial charge in [0.15, 0.2) is 69.8 Å². The molecule has 0 radical (unpaired) electrons. The first-order valence-electron chi connectivity index (χ1n) is 12.1. The van der Waals surface area contributed by atoms with E-state index >= 15 is 0 Å². The molecule has 14 heteroatoms. The third-order valence-electron chi connectivity index (χ3n) is 6.27. The molecule has 0 N–H and O–H groups in total. The van der Waals surface area contributed by atoms with Crippen molar-refractivity contribution in [2.75, 3.05) is 0 Å². The lowest BCUT2D eigenvalue weighted by atomic mass is 10.3. The average Bonchev–Trinajstić information content (AvgIpc) is 2.97. The third-order valence-corrected chi connectivity index (χ3v) is 11.3. The molecule has 0 fully saturated rings. The molecule has 0 spiro atoms. The minimum Gasteiger partial charge on any atom is -0.204 e. The molecule has 5 aromatic rings. The SMILES string of the molecule is Fc1cc(P(c2cc(F)c(F)c(F)c2)c2ccccc2P(c2cc(F)c(F)c(F)c2)c2cc(F)c(F)c(F)c2)cc(F)c1F. The van der Waals surface area contributed by atoms with Crippen molar-refractivity contribution < 1.29 is 52.7 Å². The molecule has 0 atom stereocenters. The van der Waals surface area contributed by atoms with Gasteiger partial charge in [-0.05, 0) is 96.2 Å². The van der Waals surface area contributed by atoms with Gasteiger partial charge in [-0.3, -0.25) is 0 Å². The van der Waals surface area contributed by atoms with Gasteiger partial charge in [0.05, 0.1) is 0 Å². The highest BCUT2D eigenvalue weighted by molar-refractivity contribution is 7.85. The predicted molar refractivity (Wildman–Crippen MR) is 143 cm³/mol. The monoisotopic (exact) mass is 662 g/mol. The Kier molecular flexibility index (Phi) is 8.78. The van der Waals surface area contributed by atoms with E-state index in [2.05, 4.69) is 0 Å². The van der Waals surface area contributed by atoms with Crippen molar-refractivity contribution in [1.29, 1.82) is 0 Å². The summed E-state index contributed by atoms with van der Waals surface area (Å²) in [6.07, 6.45) is 0. The van der Waals surface area contributed by atoms with Crippen LogP contribution in [0.1, 0.15) is 0 Å². The Morgan fingerprint density at radius 1 is 0.295 bits per heavy atom. The van der Waals surface area contributed by atoms with Crippen LogP contribution in [0.25, 0.3) is 0 Å². The van der Waals surface area contributed by atoms with Crippen LogP contribution < -0.4 is 31.8 Å². The zero-order chi connectivity index (χ0) is 32.0. The Morgan fingerprint density at radius 3 is 0.659 bits per heavy atom. The maximum atomic E-state index is 14.5. The van der Waals surface area contributed by atoms with Crippen LogP contribution in [0.5, 0.6) is 0 Å². The highest BCUT2D eigenvalue weighted by Gasteiger charge is 2.31. The Hall–Kier alpha value is -3.88. The molecule has 0 amide bonds. The van der Waals surface area contributed by atoms with Crippen LogP contribution in [0.15, 0.2) is 72.8 Å². The van der Waals surface area contributed by atoms with Crippen molar-refractivity contribution in [2.45, 2.75) is 0 Å². The molecular formula is C30H12F12P2. The third kappa shape index (κ3) is 5.81. The summed E-state index contributed by atoms with van der Waals surface area (Å²) in [5.41, 5.74) is 0. The molecule has 44 heavy (non-hydrogen) atoms. The van der Waals surface area contributed by atoms with Crippen LogP contribution in [-0.4, -0.2) is 0 Å². The molecule has 5 aromatic carbocycles. The summed E-state index contributed by atoms with van der Waals surface area (Å²) in [5, 5.41) is -1.90. The Balaban J connectivity index is 1.87. The lowest BCUT2D eigenvalue weighted by Crippen LogP contribution is -2.35. The van der Waals surface area contributed by atoms with Crippen molar-refractivity contribution >= 4 is 47.7 Å². The minimum absolute atomic E-state index is 0.111. The van der Waals surface area contributed by atoms with E-state index in [9.17, 15) is 52.7 Å². The lowest BCUT2D eigenvalue weighted by molar-refractivity contribution is 0.448. The quantitative estimate of drug-likeness (QED) is 0.106. The molecule has 0 bridgehead atoms. The van der Waals surface area contributed by atoms with E-state index in [0.29, 0.717) is 48.5 Å². The fraction of sp³-hybridized carbons (Fsp3) is 0. The summed E-state index contributed by atoms with van der Waals surface area (Å²) in [7, 11) is -5.23. The largest absolute Gasteiger partial charge is 0.204 e. The van der Waals surface area contributed by atoms with Crippen LogP contribution >= 0.6 is 15.8 Å². The second kappa shape index (κ2) is 12.3. The normalized spacial score (nSPS) is 11.6. The van der Waals surface area contributed by atoms with Gasteiger partial charge >= 0.3 is 0 Å². The van der Waals surface area contributed by atoms with Gasteiger partial charge in [0.25, 0.3) is 0 Å². The van der Waals surface area contributed by atoms with Gasteiger partial charge in [0, 0.05) is 0 Å². The molecule has 226 valence electrons. The molecule has 0 aliphatic carbocycles. The molecular weight excluding hydrogens is 650 g/mol. The molecule has 0 saturated heterocycles. The molecule has 0 aromatic heterocycles. The van der Waals surface area contributed by atoms with Crippen molar-refractivity contribution in [3.05, 3.63) is 143 Å². The van der Waals surface area contributed by atoms with E-state index in [4.69, 9.17) is 0 Å². The Bertz CT molecular complexity index is 1580. The van der Waals surface area contributed by atoms with Crippen molar-refractivity contribution in [3.63, 3.8) is 0 Å². The van der Waals surface area contributed by atoms with Crippen LogP contribution in [0.2, 0.25) is 0 Å². The van der Waals surface area contributed by atoms with Crippen LogP contribution in [-0.2, 0) is 0 Å². The summed E-state index contributed by atoms with van der Waals surface area (Å²) in [4.78, 5) is 0. The maximum absolute atomic E-state index is 14.5. The number of hydrogen-bond acceptors (Lipinski definition) is 0.